The number of aliphatic hydroxyl groups is 1. The first-order valence-electron chi connectivity index (χ1n) is 8.08. The molecule has 1 aliphatic rings. The van der Waals surface area contributed by atoms with Gasteiger partial charge in [0.1, 0.15) is 0 Å². The largest absolute Gasteiger partial charge is 0.385 e. The second-order valence-electron chi connectivity index (χ2n) is 6.15. The van der Waals surface area contributed by atoms with Crippen molar-refractivity contribution >= 4 is 22.0 Å². The summed E-state index contributed by atoms with van der Waals surface area (Å²) in [5.41, 5.74) is 1.58. The van der Waals surface area contributed by atoms with Crippen LogP contribution >= 0.6 is 15.9 Å². The lowest BCUT2D eigenvalue weighted by Crippen LogP contribution is -2.42. The number of rotatable bonds is 4. The molecule has 2 aromatic rings. The van der Waals surface area contributed by atoms with Crippen molar-refractivity contribution in [3.8, 4) is 0 Å². The van der Waals surface area contributed by atoms with E-state index < -0.39 is 5.60 Å². The highest BCUT2D eigenvalue weighted by atomic mass is 79.9. The maximum absolute atomic E-state index is 10.9. The minimum atomic E-state index is -0.680. The maximum Gasteiger partial charge on any atom is 0.0920 e. The molecule has 1 fully saturated rings. The number of hydrogen-bond donors (Lipinski definition) is 1. The first-order valence-corrected chi connectivity index (χ1v) is 8.87. The van der Waals surface area contributed by atoms with E-state index in [9.17, 15) is 5.11 Å². The number of halogens is 1. The Balaban J connectivity index is 1.54. The van der Waals surface area contributed by atoms with Gasteiger partial charge in [0.15, 0.2) is 0 Å². The lowest BCUT2D eigenvalue weighted by Gasteiger charge is -2.38. The molecule has 0 aliphatic carbocycles. The van der Waals surface area contributed by atoms with Crippen molar-refractivity contribution < 1.29 is 5.11 Å². The number of hydrogen-bond acceptors (Lipinski definition) is 2. The van der Waals surface area contributed by atoms with Gasteiger partial charge in [-0.05, 0) is 36.1 Å². The highest BCUT2D eigenvalue weighted by molar-refractivity contribution is 9.10. The number of nitrogens with zero attached hydrogens (tertiary/aromatic N) is 1. The zero-order valence-corrected chi connectivity index (χ0v) is 14.7. The third kappa shape index (κ3) is 4.31. The molecule has 3 heteroatoms. The Hall–Kier alpha value is -1.42. The third-order valence-corrected chi connectivity index (χ3v) is 5.07. The molecule has 0 atom stereocenters. The molecule has 23 heavy (non-hydrogen) atoms. The van der Waals surface area contributed by atoms with Gasteiger partial charge < -0.3 is 5.11 Å². The zero-order valence-electron chi connectivity index (χ0n) is 13.2. The highest BCUT2D eigenvalue weighted by Gasteiger charge is 2.33. The predicted molar refractivity (Wildman–Crippen MR) is 99.2 cm³/mol. The van der Waals surface area contributed by atoms with E-state index in [2.05, 4.69) is 57.2 Å². The fraction of sp³-hybridized carbons (Fsp3) is 0.300. The molecule has 0 bridgehead atoms. The van der Waals surface area contributed by atoms with Crippen molar-refractivity contribution in [3.05, 3.63) is 76.3 Å². The van der Waals surface area contributed by atoms with Gasteiger partial charge in [-0.1, -0.05) is 70.5 Å². The Morgan fingerprint density at radius 3 is 2.30 bits per heavy atom. The summed E-state index contributed by atoms with van der Waals surface area (Å²) in [6, 6.07) is 18.4. The maximum atomic E-state index is 10.9. The topological polar surface area (TPSA) is 23.5 Å². The van der Waals surface area contributed by atoms with E-state index in [1.54, 1.807) is 0 Å². The zero-order chi connectivity index (χ0) is 16.1. The predicted octanol–water partition coefficient (Wildman–Crippen LogP) is 4.45. The second-order valence-corrected chi connectivity index (χ2v) is 7.07. The van der Waals surface area contributed by atoms with Crippen LogP contribution in [0.15, 0.2) is 65.1 Å². The van der Waals surface area contributed by atoms with Gasteiger partial charge in [-0.3, -0.25) is 4.90 Å². The van der Waals surface area contributed by atoms with Crippen LogP contribution in [-0.2, 0) is 5.60 Å². The SMILES string of the molecule is OC1(c2ccc(Br)cc2)CCN(CC=Cc2ccccc2)CC1. The molecular formula is C20H22BrNO. The van der Waals surface area contributed by atoms with Crippen LogP contribution in [0.3, 0.4) is 0 Å². The van der Waals surface area contributed by atoms with Gasteiger partial charge in [-0.2, -0.15) is 0 Å². The van der Waals surface area contributed by atoms with Crippen LogP contribution < -0.4 is 0 Å². The van der Waals surface area contributed by atoms with Crippen molar-refractivity contribution in [1.29, 1.82) is 0 Å². The molecule has 0 radical (unpaired) electrons. The van der Waals surface area contributed by atoms with E-state index >= 15 is 0 Å². The van der Waals surface area contributed by atoms with Crippen LogP contribution in [0, 0.1) is 0 Å². The summed E-state index contributed by atoms with van der Waals surface area (Å²) in [5, 5.41) is 10.9. The minimum Gasteiger partial charge on any atom is -0.385 e. The van der Waals surface area contributed by atoms with E-state index in [0.29, 0.717) is 0 Å². The lowest BCUT2D eigenvalue weighted by molar-refractivity contribution is -0.0233. The van der Waals surface area contributed by atoms with Crippen molar-refractivity contribution in [2.45, 2.75) is 18.4 Å². The van der Waals surface area contributed by atoms with Crippen molar-refractivity contribution in [3.63, 3.8) is 0 Å². The van der Waals surface area contributed by atoms with Crippen LogP contribution in [0.2, 0.25) is 0 Å². The van der Waals surface area contributed by atoms with Crippen LogP contribution in [0.25, 0.3) is 6.08 Å². The van der Waals surface area contributed by atoms with Gasteiger partial charge in [0.2, 0.25) is 0 Å². The van der Waals surface area contributed by atoms with Crippen LogP contribution in [0.4, 0.5) is 0 Å². The number of likely N-dealkylation sites (tertiary alicyclic amines) is 1. The summed E-state index contributed by atoms with van der Waals surface area (Å²) in [6.45, 7) is 2.78. The Morgan fingerprint density at radius 1 is 1.00 bits per heavy atom. The molecule has 0 unspecified atom stereocenters. The molecule has 1 N–H and O–H groups in total. The number of benzene rings is 2. The summed E-state index contributed by atoms with van der Waals surface area (Å²) in [4.78, 5) is 2.40. The Kier molecular flexibility index (Phi) is 5.31. The van der Waals surface area contributed by atoms with E-state index in [4.69, 9.17) is 0 Å². The molecular weight excluding hydrogens is 350 g/mol. The molecule has 1 heterocycles. The Morgan fingerprint density at radius 2 is 1.65 bits per heavy atom. The quantitative estimate of drug-likeness (QED) is 0.858. The summed E-state index contributed by atoms with van der Waals surface area (Å²) < 4.78 is 1.05. The highest BCUT2D eigenvalue weighted by Crippen LogP contribution is 2.33. The molecule has 0 spiro atoms. The van der Waals surface area contributed by atoms with Gasteiger partial charge in [-0.25, -0.2) is 0 Å². The molecule has 3 rings (SSSR count). The monoisotopic (exact) mass is 371 g/mol. The van der Waals surface area contributed by atoms with Crippen molar-refractivity contribution in [2.75, 3.05) is 19.6 Å². The van der Waals surface area contributed by atoms with Gasteiger partial charge in [-0.15, -0.1) is 0 Å². The summed E-state index contributed by atoms with van der Waals surface area (Å²) in [7, 11) is 0. The first kappa shape index (κ1) is 16.4. The van der Waals surface area contributed by atoms with Crippen molar-refractivity contribution in [2.24, 2.45) is 0 Å². The molecule has 0 amide bonds. The van der Waals surface area contributed by atoms with E-state index in [1.807, 2.05) is 30.3 Å². The lowest BCUT2D eigenvalue weighted by atomic mass is 9.84. The molecule has 2 nitrogen and oxygen atoms in total. The summed E-state index contributed by atoms with van der Waals surface area (Å²) >= 11 is 3.45. The van der Waals surface area contributed by atoms with Gasteiger partial charge in [0.25, 0.3) is 0 Å². The smallest absolute Gasteiger partial charge is 0.0920 e. The molecule has 0 saturated carbocycles. The van der Waals surface area contributed by atoms with E-state index in [1.165, 1.54) is 5.56 Å². The first-order chi connectivity index (χ1) is 11.2. The molecule has 120 valence electrons. The van der Waals surface area contributed by atoms with Gasteiger partial charge >= 0.3 is 0 Å². The fourth-order valence-electron chi connectivity index (χ4n) is 3.06. The Bertz CT molecular complexity index is 643. The van der Waals surface area contributed by atoms with Crippen LogP contribution in [0.1, 0.15) is 24.0 Å². The van der Waals surface area contributed by atoms with Crippen LogP contribution in [-0.4, -0.2) is 29.6 Å². The van der Waals surface area contributed by atoms with Gasteiger partial charge in [0, 0.05) is 24.1 Å². The van der Waals surface area contributed by atoms with E-state index in [-0.39, 0.29) is 0 Å². The van der Waals surface area contributed by atoms with Gasteiger partial charge in [0.05, 0.1) is 5.60 Å². The molecule has 1 aliphatic heterocycles. The molecule has 1 saturated heterocycles. The Labute approximate surface area is 146 Å². The standard InChI is InChI=1S/C20H22BrNO/c21-19-10-8-18(9-11-19)20(23)12-15-22(16-13-20)14-4-7-17-5-2-1-3-6-17/h1-11,23H,12-16H2. The summed E-state index contributed by atoms with van der Waals surface area (Å²) in [5.74, 6) is 0. The fourth-order valence-corrected chi connectivity index (χ4v) is 3.32. The third-order valence-electron chi connectivity index (χ3n) is 4.54. The molecule has 2 aromatic carbocycles. The van der Waals surface area contributed by atoms with Crippen LogP contribution in [0.5, 0.6) is 0 Å². The minimum absolute atomic E-state index is 0.680. The summed E-state index contributed by atoms with van der Waals surface area (Å²) in [6.07, 6.45) is 5.94. The average molecular weight is 372 g/mol. The number of piperidine rings is 1. The normalized spacial score (nSPS) is 18.3. The van der Waals surface area contributed by atoms with E-state index in [0.717, 1.165) is 42.5 Å². The molecule has 0 aromatic heterocycles. The van der Waals surface area contributed by atoms with Crippen molar-refractivity contribution in [1.82, 2.24) is 4.90 Å². The average Bonchev–Trinajstić information content (AvgIpc) is 2.58. The second kappa shape index (κ2) is 7.43.